The summed E-state index contributed by atoms with van der Waals surface area (Å²) in [6, 6.07) is 0.659. The molecule has 1 aliphatic heterocycles. The summed E-state index contributed by atoms with van der Waals surface area (Å²) < 4.78 is 0. The van der Waals surface area contributed by atoms with E-state index in [0.717, 1.165) is 25.9 Å². The van der Waals surface area contributed by atoms with Crippen LogP contribution in [0.1, 0.15) is 39.0 Å². The standard InChI is InChI=1S/C13H21NO/c1-11(15)12-7-9-14(10-8-12)13-5-3-2-4-6-13/h3,5,12-13H,2,4,6-10H2,1H3. The fraction of sp³-hybridized carbons (Fsp3) is 0.769. The molecule has 0 aromatic rings. The zero-order chi connectivity index (χ0) is 10.7. The molecule has 0 bridgehead atoms. The lowest BCUT2D eigenvalue weighted by Gasteiger charge is -2.36. The van der Waals surface area contributed by atoms with Gasteiger partial charge in [0.15, 0.2) is 0 Å². The highest BCUT2D eigenvalue weighted by atomic mass is 16.1. The van der Waals surface area contributed by atoms with Gasteiger partial charge < -0.3 is 0 Å². The third kappa shape index (κ3) is 2.69. The highest BCUT2D eigenvalue weighted by molar-refractivity contribution is 5.78. The Morgan fingerprint density at radius 2 is 2.00 bits per heavy atom. The molecule has 2 heteroatoms. The molecule has 1 atom stereocenters. The Morgan fingerprint density at radius 3 is 2.53 bits per heavy atom. The number of carbonyl (C=O) groups excluding carboxylic acids is 1. The van der Waals surface area contributed by atoms with E-state index in [-0.39, 0.29) is 0 Å². The minimum absolute atomic E-state index is 0.342. The monoisotopic (exact) mass is 207 g/mol. The largest absolute Gasteiger partial charge is 0.300 e. The number of nitrogens with zero attached hydrogens (tertiary/aromatic N) is 1. The van der Waals surface area contributed by atoms with Gasteiger partial charge in [0.2, 0.25) is 0 Å². The van der Waals surface area contributed by atoms with Gasteiger partial charge in [0.1, 0.15) is 5.78 Å². The lowest BCUT2D eigenvalue weighted by Crippen LogP contribution is -2.42. The maximum Gasteiger partial charge on any atom is 0.133 e. The maximum absolute atomic E-state index is 11.2. The molecule has 2 aliphatic rings. The normalized spacial score (nSPS) is 29.3. The van der Waals surface area contributed by atoms with Crippen molar-refractivity contribution in [2.75, 3.05) is 13.1 Å². The quantitative estimate of drug-likeness (QED) is 0.648. The van der Waals surface area contributed by atoms with Gasteiger partial charge in [-0.15, -0.1) is 0 Å². The molecular formula is C13H21NO. The number of Topliss-reactive ketones (excluding diaryl/α,β-unsaturated/α-hetero) is 1. The van der Waals surface area contributed by atoms with Crippen LogP contribution in [-0.2, 0) is 4.79 Å². The average Bonchev–Trinajstić information content (AvgIpc) is 2.30. The minimum Gasteiger partial charge on any atom is -0.300 e. The van der Waals surface area contributed by atoms with E-state index in [0.29, 0.717) is 17.7 Å². The summed E-state index contributed by atoms with van der Waals surface area (Å²) >= 11 is 0. The molecule has 84 valence electrons. The van der Waals surface area contributed by atoms with Crippen LogP contribution in [0.4, 0.5) is 0 Å². The highest BCUT2D eigenvalue weighted by Gasteiger charge is 2.26. The molecule has 1 fully saturated rings. The van der Waals surface area contributed by atoms with E-state index in [2.05, 4.69) is 17.1 Å². The molecule has 1 unspecified atom stereocenters. The predicted molar refractivity (Wildman–Crippen MR) is 61.8 cm³/mol. The fourth-order valence-corrected chi connectivity index (χ4v) is 2.74. The predicted octanol–water partition coefficient (Wildman–Crippen LogP) is 2.40. The van der Waals surface area contributed by atoms with Crippen molar-refractivity contribution in [3.8, 4) is 0 Å². The Bertz CT molecular complexity index is 251. The zero-order valence-electron chi connectivity index (χ0n) is 9.61. The van der Waals surface area contributed by atoms with E-state index >= 15 is 0 Å². The van der Waals surface area contributed by atoms with Crippen molar-refractivity contribution >= 4 is 5.78 Å². The molecule has 0 amide bonds. The molecule has 1 saturated heterocycles. The van der Waals surface area contributed by atoms with Gasteiger partial charge in [-0.25, -0.2) is 0 Å². The smallest absolute Gasteiger partial charge is 0.133 e. The van der Waals surface area contributed by atoms with Crippen molar-refractivity contribution in [3.05, 3.63) is 12.2 Å². The lowest BCUT2D eigenvalue weighted by atomic mass is 9.91. The lowest BCUT2D eigenvalue weighted by molar-refractivity contribution is -0.122. The van der Waals surface area contributed by atoms with Gasteiger partial charge >= 0.3 is 0 Å². The number of ketones is 1. The molecular weight excluding hydrogens is 186 g/mol. The van der Waals surface area contributed by atoms with Crippen LogP contribution in [0.25, 0.3) is 0 Å². The molecule has 0 N–H and O–H groups in total. The topological polar surface area (TPSA) is 20.3 Å². The van der Waals surface area contributed by atoms with E-state index < -0.39 is 0 Å². The van der Waals surface area contributed by atoms with Gasteiger partial charge in [-0.2, -0.15) is 0 Å². The van der Waals surface area contributed by atoms with Crippen molar-refractivity contribution in [1.82, 2.24) is 4.90 Å². The van der Waals surface area contributed by atoms with Gasteiger partial charge in [0.25, 0.3) is 0 Å². The van der Waals surface area contributed by atoms with Gasteiger partial charge in [-0.05, 0) is 52.1 Å². The number of hydrogen-bond acceptors (Lipinski definition) is 2. The molecule has 2 nitrogen and oxygen atoms in total. The van der Waals surface area contributed by atoms with Crippen LogP contribution in [0.15, 0.2) is 12.2 Å². The highest BCUT2D eigenvalue weighted by Crippen LogP contribution is 2.23. The molecule has 0 spiro atoms. The first-order chi connectivity index (χ1) is 7.27. The molecule has 15 heavy (non-hydrogen) atoms. The van der Waals surface area contributed by atoms with E-state index in [1.54, 1.807) is 6.92 Å². The van der Waals surface area contributed by atoms with E-state index in [9.17, 15) is 4.79 Å². The van der Waals surface area contributed by atoms with Crippen molar-refractivity contribution in [3.63, 3.8) is 0 Å². The summed E-state index contributed by atoms with van der Waals surface area (Å²) in [5, 5.41) is 0. The molecule has 0 saturated carbocycles. The summed E-state index contributed by atoms with van der Waals surface area (Å²) in [4.78, 5) is 13.8. The van der Waals surface area contributed by atoms with Crippen LogP contribution in [0.2, 0.25) is 0 Å². The second kappa shape index (κ2) is 4.93. The third-order valence-corrected chi connectivity index (χ3v) is 3.80. The summed E-state index contributed by atoms with van der Waals surface area (Å²) in [7, 11) is 0. The zero-order valence-corrected chi connectivity index (χ0v) is 9.61. The summed E-state index contributed by atoms with van der Waals surface area (Å²) in [6.07, 6.45) is 10.7. The molecule has 0 aromatic carbocycles. The van der Waals surface area contributed by atoms with Crippen LogP contribution < -0.4 is 0 Å². The summed E-state index contributed by atoms with van der Waals surface area (Å²) in [6.45, 7) is 3.96. The number of rotatable bonds is 2. The Balaban J connectivity index is 1.84. The van der Waals surface area contributed by atoms with E-state index in [4.69, 9.17) is 0 Å². The minimum atomic E-state index is 0.342. The number of carbonyl (C=O) groups is 1. The number of hydrogen-bond donors (Lipinski definition) is 0. The van der Waals surface area contributed by atoms with Crippen molar-refractivity contribution in [2.24, 2.45) is 5.92 Å². The second-order valence-electron chi connectivity index (χ2n) is 4.85. The van der Waals surface area contributed by atoms with Crippen molar-refractivity contribution in [1.29, 1.82) is 0 Å². The Labute approximate surface area is 92.3 Å². The van der Waals surface area contributed by atoms with Crippen LogP contribution in [0.3, 0.4) is 0 Å². The maximum atomic E-state index is 11.2. The fourth-order valence-electron chi connectivity index (χ4n) is 2.74. The molecule has 2 rings (SSSR count). The first-order valence-corrected chi connectivity index (χ1v) is 6.18. The number of likely N-dealkylation sites (tertiary alicyclic amines) is 1. The third-order valence-electron chi connectivity index (χ3n) is 3.80. The first kappa shape index (κ1) is 10.9. The first-order valence-electron chi connectivity index (χ1n) is 6.18. The van der Waals surface area contributed by atoms with Crippen LogP contribution in [-0.4, -0.2) is 29.8 Å². The van der Waals surface area contributed by atoms with Gasteiger partial charge in [-0.1, -0.05) is 12.2 Å². The average molecular weight is 207 g/mol. The van der Waals surface area contributed by atoms with Gasteiger partial charge in [-0.3, -0.25) is 9.69 Å². The second-order valence-corrected chi connectivity index (χ2v) is 4.85. The van der Waals surface area contributed by atoms with Crippen LogP contribution in [0.5, 0.6) is 0 Å². The molecule has 1 heterocycles. The van der Waals surface area contributed by atoms with Crippen molar-refractivity contribution in [2.45, 2.75) is 45.1 Å². The SMILES string of the molecule is CC(=O)C1CCN(C2C=CCCC2)CC1. The Kier molecular flexibility index (Phi) is 3.57. The number of allylic oxidation sites excluding steroid dienone is 1. The van der Waals surface area contributed by atoms with Crippen LogP contribution in [0, 0.1) is 5.92 Å². The summed E-state index contributed by atoms with van der Waals surface area (Å²) in [5.41, 5.74) is 0. The Morgan fingerprint density at radius 1 is 1.27 bits per heavy atom. The number of piperidine rings is 1. The van der Waals surface area contributed by atoms with Crippen LogP contribution >= 0.6 is 0 Å². The van der Waals surface area contributed by atoms with Gasteiger partial charge in [0, 0.05) is 12.0 Å². The van der Waals surface area contributed by atoms with Crippen molar-refractivity contribution < 1.29 is 4.79 Å². The van der Waals surface area contributed by atoms with E-state index in [1.165, 1.54) is 19.3 Å². The van der Waals surface area contributed by atoms with E-state index in [1.807, 2.05) is 0 Å². The Hall–Kier alpha value is -0.630. The molecule has 1 aliphatic carbocycles. The molecule has 0 radical (unpaired) electrons. The molecule has 0 aromatic heterocycles. The van der Waals surface area contributed by atoms with Gasteiger partial charge in [0.05, 0.1) is 0 Å². The summed E-state index contributed by atoms with van der Waals surface area (Å²) in [5.74, 6) is 0.725.